The van der Waals surface area contributed by atoms with Crippen molar-refractivity contribution in [3.8, 4) is 0 Å². The van der Waals surface area contributed by atoms with E-state index >= 15 is 0 Å². The largest absolute Gasteiger partial charge is 0.355 e. The molecule has 166 valence electrons. The van der Waals surface area contributed by atoms with Crippen molar-refractivity contribution in [2.75, 3.05) is 46.3 Å². The molecule has 1 N–H and O–H groups in total. The Morgan fingerprint density at radius 1 is 1.10 bits per heavy atom. The Hall–Kier alpha value is -1.96. The van der Waals surface area contributed by atoms with E-state index in [4.69, 9.17) is 0 Å². The van der Waals surface area contributed by atoms with Crippen LogP contribution in [0.5, 0.6) is 0 Å². The van der Waals surface area contributed by atoms with Crippen LogP contribution in [-0.4, -0.2) is 78.9 Å². The highest BCUT2D eigenvalue weighted by Gasteiger charge is 2.29. The second-order valence-corrected chi connectivity index (χ2v) is 10.2. The Morgan fingerprint density at radius 3 is 2.61 bits per heavy atom. The number of hydrogen-bond donors (Lipinski definition) is 1. The van der Waals surface area contributed by atoms with Crippen molar-refractivity contribution >= 4 is 33.2 Å². The molecule has 1 aromatic heterocycles. The Balaban J connectivity index is 1.20. The molecular weight excluding hydrogens is 408 g/mol. The number of carbonyl (C=O) groups excluding carboxylic acids is 2. The van der Waals surface area contributed by atoms with E-state index < -0.39 is 0 Å². The lowest BCUT2D eigenvalue weighted by Crippen LogP contribution is -2.53. The van der Waals surface area contributed by atoms with Gasteiger partial charge in [0.1, 0.15) is 0 Å². The summed E-state index contributed by atoms with van der Waals surface area (Å²) < 4.78 is 1.17. The molecule has 31 heavy (non-hydrogen) atoms. The van der Waals surface area contributed by atoms with Crippen molar-refractivity contribution in [2.24, 2.45) is 0 Å². The van der Waals surface area contributed by atoms with Crippen LogP contribution in [-0.2, 0) is 17.8 Å². The summed E-state index contributed by atoms with van der Waals surface area (Å²) in [4.78, 5) is 33.2. The molecule has 3 heterocycles. The first-order chi connectivity index (χ1) is 15.1. The fraction of sp³-hybridized carbons (Fsp3) is 0.583. The van der Waals surface area contributed by atoms with E-state index in [0.717, 1.165) is 51.7 Å². The molecule has 2 aliphatic heterocycles. The summed E-state index contributed by atoms with van der Waals surface area (Å²) in [5, 5.41) is 3.96. The van der Waals surface area contributed by atoms with E-state index in [2.05, 4.69) is 26.1 Å². The molecule has 0 spiro atoms. The fourth-order valence-corrected chi connectivity index (χ4v) is 6.81. The summed E-state index contributed by atoms with van der Waals surface area (Å²) in [5.41, 5.74) is 2.11. The summed E-state index contributed by atoms with van der Waals surface area (Å²) in [6.07, 6.45) is 6.38. The molecule has 1 saturated carbocycles. The van der Waals surface area contributed by atoms with Gasteiger partial charge in [0, 0.05) is 67.5 Å². The third-order valence-corrected chi connectivity index (χ3v) is 8.46. The highest BCUT2D eigenvalue weighted by atomic mass is 32.1. The van der Waals surface area contributed by atoms with Crippen molar-refractivity contribution < 1.29 is 9.59 Å². The maximum Gasteiger partial charge on any atom is 0.251 e. The zero-order valence-electron chi connectivity index (χ0n) is 18.4. The average Bonchev–Trinajstić information content (AvgIpc) is 3.46. The minimum Gasteiger partial charge on any atom is -0.355 e. The Labute approximate surface area is 188 Å². The first-order valence-electron chi connectivity index (χ1n) is 11.6. The van der Waals surface area contributed by atoms with E-state index in [-0.39, 0.29) is 11.8 Å². The molecule has 2 fully saturated rings. The first kappa shape index (κ1) is 20.9. The van der Waals surface area contributed by atoms with E-state index in [1.165, 1.54) is 46.2 Å². The van der Waals surface area contributed by atoms with Gasteiger partial charge in [-0.05, 0) is 42.3 Å². The van der Waals surface area contributed by atoms with Gasteiger partial charge in [0.05, 0.1) is 6.54 Å². The summed E-state index contributed by atoms with van der Waals surface area (Å²) in [6.45, 7) is 6.08. The van der Waals surface area contributed by atoms with Gasteiger partial charge >= 0.3 is 0 Å². The average molecular weight is 441 g/mol. The molecule has 0 bridgehead atoms. The molecule has 1 aromatic carbocycles. The lowest BCUT2D eigenvalue weighted by molar-refractivity contribution is -0.134. The number of rotatable bonds is 4. The van der Waals surface area contributed by atoms with Crippen molar-refractivity contribution in [1.82, 2.24) is 20.0 Å². The lowest BCUT2D eigenvalue weighted by atomic mass is 10.0. The van der Waals surface area contributed by atoms with Crippen LogP contribution in [0.3, 0.4) is 0 Å². The number of benzene rings is 1. The van der Waals surface area contributed by atoms with Crippen LogP contribution in [0.25, 0.3) is 10.1 Å². The normalized spacial score (nSPS) is 20.9. The van der Waals surface area contributed by atoms with Crippen molar-refractivity contribution in [2.45, 2.75) is 44.7 Å². The van der Waals surface area contributed by atoms with Gasteiger partial charge in [0.25, 0.3) is 5.91 Å². The SMILES string of the molecule is CNC(=O)c1ccc2c3c(sc2c1)CN(CC(=O)N1CCN(C2CCCC2)CC1)CC3. The minimum absolute atomic E-state index is 0.0477. The number of nitrogens with zero attached hydrogens (tertiary/aromatic N) is 3. The zero-order chi connectivity index (χ0) is 21.4. The smallest absolute Gasteiger partial charge is 0.251 e. The topological polar surface area (TPSA) is 55.9 Å². The maximum absolute atomic E-state index is 13.0. The number of nitrogens with one attached hydrogen (secondary N) is 1. The van der Waals surface area contributed by atoms with Gasteiger partial charge in [-0.15, -0.1) is 11.3 Å². The number of amides is 2. The molecule has 2 aromatic rings. The molecule has 1 saturated heterocycles. The molecule has 0 unspecified atom stereocenters. The number of fused-ring (bicyclic) bond motifs is 3. The molecular formula is C24H32N4O2S. The highest BCUT2D eigenvalue weighted by Crippen LogP contribution is 2.35. The summed E-state index contributed by atoms with van der Waals surface area (Å²) in [6, 6.07) is 6.75. The molecule has 7 heteroatoms. The molecule has 0 radical (unpaired) electrons. The summed E-state index contributed by atoms with van der Waals surface area (Å²) in [7, 11) is 1.66. The third-order valence-electron chi connectivity index (χ3n) is 7.28. The van der Waals surface area contributed by atoms with E-state index in [1.54, 1.807) is 18.4 Å². The van der Waals surface area contributed by atoms with Crippen LogP contribution in [0.4, 0.5) is 0 Å². The molecule has 1 aliphatic carbocycles. The van der Waals surface area contributed by atoms with Crippen LogP contribution in [0, 0.1) is 0 Å². The Morgan fingerprint density at radius 2 is 1.87 bits per heavy atom. The molecule has 0 atom stereocenters. The van der Waals surface area contributed by atoms with Gasteiger partial charge in [-0.1, -0.05) is 18.9 Å². The molecule has 6 nitrogen and oxygen atoms in total. The van der Waals surface area contributed by atoms with Crippen LogP contribution in [0.2, 0.25) is 0 Å². The standard InChI is InChI=1S/C24H32N4O2S/c1-25-24(30)17-6-7-19-20-8-9-26(15-22(20)31-21(19)14-17)16-23(29)28-12-10-27(11-13-28)18-4-2-3-5-18/h6-7,14,18H,2-5,8-13,15-16H2,1H3,(H,25,30). The van der Waals surface area contributed by atoms with Crippen LogP contribution >= 0.6 is 11.3 Å². The maximum atomic E-state index is 13.0. The van der Waals surface area contributed by atoms with Gasteiger partial charge in [-0.2, -0.15) is 0 Å². The summed E-state index contributed by atoms with van der Waals surface area (Å²) in [5.74, 6) is 0.228. The zero-order valence-corrected chi connectivity index (χ0v) is 19.2. The van der Waals surface area contributed by atoms with Gasteiger partial charge in [-0.3, -0.25) is 19.4 Å². The van der Waals surface area contributed by atoms with Gasteiger partial charge in [-0.25, -0.2) is 0 Å². The fourth-order valence-electron chi connectivity index (χ4n) is 5.47. The van der Waals surface area contributed by atoms with Gasteiger partial charge in [0.15, 0.2) is 0 Å². The minimum atomic E-state index is -0.0477. The van der Waals surface area contributed by atoms with Crippen molar-refractivity contribution in [3.63, 3.8) is 0 Å². The third kappa shape index (κ3) is 4.23. The van der Waals surface area contributed by atoms with Crippen molar-refractivity contribution in [1.29, 1.82) is 0 Å². The van der Waals surface area contributed by atoms with E-state index in [9.17, 15) is 9.59 Å². The predicted octanol–water partition coefficient (Wildman–Crippen LogP) is 2.71. The molecule has 5 rings (SSSR count). The van der Waals surface area contributed by atoms with Crippen LogP contribution < -0.4 is 5.32 Å². The number of carbonyl (C=O) groups is 2. The lowest BCUT2D eigenvalue weighted by Gasteiger charge is -2.39. The van der Waals surface area contributed by atoms with Crippen LogP contribution in [0.15, 0.2) is 18.2 Å². The Kier molecular flexibility index (Phi) is 5.99. The number of hydrogen-bond acceptors (Lipinski definition) is 5. The van der Waals surface area contributed by atoms with E-state index in [1.807, 2.05) is 12.1 Å². The second kappa shape index (κ2) is 8.88. The van der Waals surface area contributed by atoms with Gasteiger partial charge in [0.2, 0.25) is 5.91 Å². The second-order valence-electron chi connectivity index (χ2n) is 9.11. The van der Waals surface area contributed by atoms with Crippen molar-refractivity contribution in [3.05, 3.63) is 34.2 Å². The predicted molar refractivity (Wildman–Crippen MR) is 125 cm³/mol. The monoisotopic (exact) mass is 440 g/mol. The van der Waals surface area contributed by atoms with Gasteiger partial charge < -0.3 is 10.2 Å². The number of thiophene rings is 1. The molecule has 3 aliphatic rings. The number of piperazine rings is 1. The quantitative estimate of drug-likeness (QED) is 0.794. The van der Waals surface area contributed by atoms with Crippen LogP contribution in [0.1, 0.15) is 46.5 Å². The Bertz CT molecular complexity index is 973. The highest BCUT2D eigenvalue weighted by molar-refractivity contribution is 7.19. The first-order valence-corrected chi connectivity index (χ1v) is 12.4. The summed E-state index contributed by atoms with van der Waals surface area (Å²) >= 11 is 1.77. The van der Waals surface area contributed by atoms with E-state index in [0.29, 0.717) is 12.1 Å². The molecule has 2 amide bonds.